The third-order valence-corrected chi connectivity index (χ3v) is 5.08. The molecule has 0 spiro atoms. The largest absolute Gasteiger partial charge is 0.513 e. The number of carbonyl (C=O) groups excluding carboxylic acids is 3. The van der Waals surface area contributed by atoms with E-state index in [1.165, 1.54) is 0 Å². The molecule has 0 radical (unpaired) electrons. The maximum atomic E-state index is 12.4. The molecule has 0 N–H and O–H groups in total. The van der Waals surface area contributed by atoms with Gasteiger partial charge in [0.2, 0.25) is 0 Å². The van der Waals surface area contributed by atoms with Crippen LogP contribution in [0.15, 0.2) is 30.9 Å². The molecule has 0 aromatic heterocycles. The van der Waals surface area contributed by atoms with Gasteiger partial charge in [0.1, 0.15) is 11.5 Å². The van der Waals surface area contributed by atoms with Crippen LogP contribution >= 0.6 is 0 Å². The summed E-state index contributed by atoms with van der Waals surface area (Å²) in [6, 6.07) is 4.81. The van der Waals surface area contributed by atoms with Gasteiger partial charge in [0.25, 0.3) is 0 Å². The maximum Gasteiger partial charge on any atom is 0.513 e. The standard InChI is InChI=1S/C23H30O7/c1-4-21(24)27-13-5-6-14-28-23(26)29-19-11-12-20(17(3)15-19)30-22(25)18-9-7-16(2)8-10-18/h4,11-12,15-16,18H,1,5-10,13-14H2,2-3H3/t16-,18-. The first-order valence-corrected chi connectivity index (χ1v) is 10.3. The van der Waals surface area contributed by atoms with E-state index in [2.05, 4.69) is 13.5 Å². The second-order valence-corrected chi connectivity index (χ2v) is 7.58. The van der Waals surface area contributed by atoms with Gasteiger partial charge in [-0.15, -0.1) is 0 Å². The Morgan fingerprint density at radius 3 is 2.33 bits per heavy atom. The van der Waals surface area contributed by atoms with Gasteiger partial charge in [-0.1, -0.05) is 13.5 Å². The van der Waals surface area contributed by atoms with E-state index < -0.39 is 12.1 Å². The van der Waals surface area contributed by atoms with Crippen LogP contribution in [0, 0.1) is 18.8 Å². The molecule has 1 saturated carbocycles. The lowest BCUT2D eigenvalue weighted by atomic mass is 9.83. The van der Waals surface area contributed by atoms with Gasteiger partial charge < -0.3 is 18.9 Å². The molecule has 7 heteroatoms. The number of esters is 2. The van der Waals surface area contributed by atoms with Crippen molar-refractivity contribution in [2.24, 2.45) is 11.8 Å². The van der Waals surface area contributed by atoms with Crippen molar-refractivity contribution < 1.29 is 33.3 Å². The number of rotatable bonds is 9. The van der Waals surface area contributed by atoms with Crippen LogP contribution in [-0.4, -0.2) is 31.3 Å². The van der Waals surface area contributed by atoms with Gasteiger partial charge >= 0.3 is 18.1 Å². The fourth-order valence-corrected chi connectivity index (χ4v) is 3.20. The predicted octanol–water partition coefficient (Wildman–Crippen LogP) is 4.75. The molecular weight excluding hydrogens is 388 g/mol. The number of ether oxygens (including phenoxy) is 4. The Labute approximate surface area is 177 Å². The summed E-state index contributed by atoms with van der Waals surface area (Å²) in [6.07, 6.45) is 5.20. The van der Waals surface area contributed by atoms with Crippen LogP contribution in [-0.2, 0) is 19.1 Å². The molecule has 0 atom stereocenters. The molecule has 30 heavy (non-hydrogen) atoms. The second kappa shape index (κ2) is 12.0. The summed E-state index contributed by atoms with van der Waals surface area (Å²) in [7, 11) is 0. The first kappa shape index (κ1) is 23.4. The van der Waals surface area contributed by atoms with Gasteiger partial charge in [0, 0.05) is 6.08 Å². The first-order valence-electron chi connectivity index (χ1n) is 10.3. The minimum atomic E-state index is -0.821. The van der Waals surface area contributed by atoms with Crippen molar-refractivity contribution in [2.75, 3.05) is 13.2 Å². The van der Waals surface area contributed by atoms with Crippen molar-refractivity contribution in [3.05, 3.63) is 36.4 Å². The van der Waals surface area contributed by atoms with E-state index in [1.54, 1.807) is 25.1 Å². The van der Waals surface area contributed by atoms with Crippen molar-refractivity contribution in [2.45, 2.75) is 52.4 Å². The zero-order chi connectivity index (χ0) is 21.9. The Morgan fingerprint density at radius 1 is 1.03 bits per heavy atom. The average molecular weight is 418 g/mol. The van der Waals surface area contributed by atoms with E-state index in [0.717, 1.165) is 31.8 Å². The summed E-state index contributed by atoms with van der Waals surface area (Å²) >= 11 is 0. The Morgan fingerprint density at radius 2 is 1.70 bits per heavy atom. The SMILES string of the molecule is C=CC(=O)OCCCCOC(=O)Oc1ccc(OC(=O)[C@H]2CC[C@H](C)CC2)c(C)c1. The summed E-state index contributed by atoms with van der Waals surface area (Å²) in [5.41, 5.74) is 0.696. The second-order valence-electron chi connectivity index (χ2n) is 7.58. The molecule has 0 unspecified atom stereocenters. The highest BCUT2D eigenvalue weighted by molar-refractivity contribution is 5.81. The maximum absolute atomic E-state index is 12.4. The number of carbonyl (C=O) groups is 3. The van der Waals surface area contributed by atoms with Crippen LogP contribution in [0.3, 0.4) is 0 Å². The van der Waals surface area contributed by atoms with Crippen molar-refractivity contribution in [1.29, 1.82) is 0 Å². The number of hydrogen-bond donors (Lipinski definition) is 0. The molecule has 2 rings (SSSR count). The summed E-state index contributed by atoms with van der Waals surface area (Å²) in [5.74, 6) is 0.718. The van der Waals surface area contributed by atoms with E-state index in [4.69, 9.17) is 18.9 Å². The Bertz CT molecular complexity index is 748. The monoisotopic (exact) mass is 418 g/mol. The lowest BCUT2D eigenvalue weighted by Crippen LogP contribution is -2.25. The van der Waals surface area contributed by atoms with Crippen LogP contribution in [0.25, 0.3) is 0 Å². The van der Waals surface area contributed by atoms with Crippen molar-refractivity contribution >= 4 is 18.1 Å². The van der Waals surface area contributed by atoms with Gasteiger partial charge in [0.05, 0.1) is 19.1 Å². The summed E-state index contributed by atoms with van der Waals surface area (Å²) in [6.45, 7) is 7.68. The molecule has 0 bridgehead atoms. The Kier molecular flexibility index (Phi) is 9.38. The van der Waals surface area contributed by atoms with E-state index in [9.17, 15) is 14.4 Å². The van der Waals surface area contributed by atoms with Gasteiger partial charge in [-0.25, -0.2) is 9.59 Å². The number of hydrogen-bond acceptors (Lipinski definition) is 7. The Balaban J connectivity index is 1.72. The summed E-state index contributed by atoms with van der Waals surface area (Å²) in [5, 5.41) is 0. The van der Waals surface area contributed by atoms with E-state index in [-0.39, 0.29) is 25.1 Å². The molecule has 0 aliphatic heterocycles. The van der Waals surface area contributed by atoms with Crippen LogP contribution in [0.4, 0.5) is 4.79 Å². The van der Waals surface area contributed by atoms with Crippen molar-refractivity contribution in [1.82, 2.24) is 0 Å². The smallest absolute Gasteiger partial charge is 0.463 e. The van der Waals surface area contributed by atoms with E-state index in [0.29, 0.717) is 35.8 Å². The van der Waals surface area contributed by atoms with Crippen LogP contribution < -0.4 is 9.47 Å². The normalized spacial score (nSPS) is 18.2. The fourth-order valence-electron chi connectivity index (χ4n) is 3.20. The lowest BCUT2D eigenvalue weighted by molar-refractivity contribution is -0.140. The third-order valence-electron chi connectivity index (χ3n) is 5.08. The van der Waals surface area contributed by atoms with Gasteiger partial charge in [-0.3, -0.25) is 4.79 Å². The highest BCUT2D eigenvalue weighted by Gasteiger charge is 2.26. The van der Waals surface area contributed by atoms with Crippen molar-refractivity contribution in [3.63, 3.8) is 0 Å². The van der Waals surface area contributed by atoms with Crippen LogP contribution in [0.5, 0.6) is 11.5 Å². The molecule has 0 amide bonds. The zero-order valence-corrected chi connectivity index (χ0v) is 17.7. The van der Waals surface area contributed by atoms with E-state index >= 15 is 0 Å². The number of unbranched alkanes of at least 4 members (excludes halogenated alkanes) is 1. The first-order chi connectivity index (χ1) is 14.4. The molecule has 7 nitrogen and oxygen atoms in total. The third kappa shape index (κ3) is 7.89. The van der Waals surface area contributed by atoms with Crippen LogP contribution in [0.1, 0.15) is 51.0 Å². The highest BCUT2D eigenvalue weighted by atomic mass is 16.7. The van der Waals surface area contributed by atoms with Crippen LogP contribution in [0.2, 0.25) is 0 Å². The van der Waals surface area contributed by atoms with Gasteiger partial charge in [0.15, 0.2) is 0 Å². The minimum Gasteiger partial charge on any atom is -0.463 e. The Hall–Kier alpha value is -2.83. The number of aryl methyl sites for hydroxylation is 1. The topological polar surface area (TPSA) is 88.1 Å². The summed E-state index contributed by atoms with van der Waals surface area (Å²) in [4.78, 5) is 35.0. The predicted molar refractivity (Wildman–Crippen MR) is 110 cm³/mol. The summed E-state index contributed by atoms with van der Waals surface area (Å²) < 4.78 is 20.5. The molecule has 1 aliphatic carbocycles. The van der Waals surface area contributed by atoms with Crippen molar-refractivity contribution in [3.8, 4) is 11.5 Å². The molecule has 0 saturated heterocycles. The van der Waals surface area contributed by atoms with E-state index in [1.807, 2.05) is 0 Å². The minimum absolute atomic E-state index is 0.0493. The number of benzene rings is 1. The molecule has 1 aliphatic rings. The highest BCUT2D eigenvalue weighted by Crippen LogP contribution is 2.31. The zero-order valence-electron chi connectivity index (χ0n) is 17.7. The quantitative estimate of drug-likeness (QED) is 0.188. The molecule has 0 heterocycles. The molecular formula is C23H30O7. The molecule has 1 aromatic rings. The molecule has 1 aromatic carbocycles. The molecule has 1 fully saturated rings. The van der Waals surface area contributed by atoms with Gasteiger partial charge in [-0.05, 0) is 75.1 Å². The average Bonchev–Trinajstić information content (AvgIpc) is 2.72. The fraction of sp³-hybridized carbons (Fsp3) is 0.522. The lowest BCUT2D eigenvalue weighted by Gasteiger charge is -2.24. The molecule has 164 valence electrons. The van der Waals surface area contributed by atoms with Gasteiger partial charge in [-0.2, -0.15) is 0 Å².